The van der Waals surface area contributed by atoms with Crippen LogP contribution in [0.15, 0.2) is 121 Å². The molecule has 7 nitrogen and oxygen atoms in total. The van der Waals surface area contributed by atoms with Crippen LogP contribution < -0.4 is 14.4 Å². The van der Waals surface area contributed by atoms with Crippen molar-refractivity contribution in [2.45, 2.75) is 19.0 Å². The van der Waals surface area contributed by atoms with Gasteiger partial charge in [-0.25, -0.2) is 9.36 Å². The van der Waals surface area contributed by atoms with Crippen molar-refractivity contribution in [1.29, 1.82) is 0 Å². The first kappa shape index (κ1) is 26.0. The summed E-state index contributed by atoms with van der Waals surface area (Å²) in [5, 5.41) is 2.66. The van der Waals surface area contributed by atoms with Crippen molar-refractivity contribution in [1.82, 2.24) is 5.32 Å². The Bertz CT molecular complexity index is 1230. The van der Waals surface area contributed by atoms with Crippen LogP contribution in [0.4, 0.5) is 4.79 Å². The van der Waals surface area contributed by atoms with Crippen LogP contribution in [0, 0.1) is 0 Å². The van der Waals surface area contributed by atoms with Crippen LogP contribution >= 0.6 is 7.60 Å². The maximum Gasteiger partial charge on any atom is 0.455 e. The lowest BCUT2D eigenvalue weighted by Crippen LogP contribution is -2.40. The summed E-state index contributed by atoms with van der Waals surface area (Å²) >= 11 is 0. The maximum absolute atomic E-state index is 14.3. The lowest BCUT2D eigenvalue weighted by Gasteiger charge is -2.28. The van der Waals surface area contributed by atoms with E-state index in [0.29, 0.717) is 11.5 Å². The lowest BCUT2D eigenvalue weighted by molar-refractivity contribution is 0.0987. The summed E-state index contributed by atoms with van der Waals surface area (Å²) in [5.41, 5.74) is 1.74. The number of carbonyl (C=O) groups excluding carboxylic acids is 1. The quantitative estimate of drug-likeness (QED) is 0.208. The highest BCUT2D eigenvalue weighted by Crippen LogP contribution is 2.52. The van der Waals surface area contributed by atoms with E-state index >= 15 is 0 Å². The van der Waals surface area contributed by atoms with Crippen molar-refractivity contribution in [3.63, 3.8) is 0 Å². The minimum Gasteiger partial charge on any atom is -0.445 e. The van der Waals surface area contributed by atoms with E-state index in [2.05, 4.69) is 5.32 Å². The molecule has 1 unspecified atom stereocenters. The van der Waals surface area contributed by atoms with Gasteiger partial charge in [0.25, 0.3) is 0 Å². The van der Waals surface area contributed by atoms with Crippen molar-refractivity contribution in [2.75, 3.05) is 6.61 Å². The van der Waals surface area contributed by atoms with Gasteiger partial charge in [0.15, 0.2) is 5.78 Å². The van der Waals surface area contributed by atoms with E-state index in [9.17, 15) is 9.36 Å². The number of benzene rings is 4. The first-order valence-electron chi connectivity index (χ1n) is 11.8. The Morgan fingerprint density at radius 1 is 0.649 bits per heavy atom. The molecule has 4 aromatic rings. The molecule has 37 heavy (non-hydrogen) atoms. The highest BCUT2D eigenvalue weighted by atomic mass is 31.2. The minimum absolute atomic E-state index is 0.0493. The highest BCUT2D eigenvalue weighted by molar-refractivity contribution is 7.55. The monoisotopic (exact) mass is 517 g/mol. The number of ether oxygens (including phenoxy) is 2. The predicted octanol–water partition coefficient (Wildman–Crippen LogP) is 6.81. The molecule has 190 valence electrons. The SMILES string of the molecule is O=C(NC(COCc1ccccc1)P(=O)(Oc1ccccc1)Oc1ccccc1)OCc1ccccc1. The van der Waals surface area contributed by atoms with Crippen LogP contribution in [0.3, 0.4) is 0 Å². The van der Waals surface area contributed by atoms with Crippen molar-refractivity contribution >= 4 is 13.7 Å². The van der Waals surface area contributed by atoms with Crippen molar-refractivity contribution < 1.29 is 27.9 Å². The molecule has 1 atom stereocenters. The number of carbonyl (C=O) groups is 1. The Morgan fingerprint density at radius 3 is 1.57 bits per heavy atom. The standard InChI is InChI=1S/C29H28NO6P/c31-29(34-22-25-15-7-2-8-16-25)30-28(23-33-21-24-13-5-1-6-14-24)37(32,35-26-17-9-3-10-18-26)36-27-19-11-4-12-20-27/h1-20,28H,21-23H2,(H,30,31). The number of nitrogens with one attached hydrogen (secondary N) is 1. The fraction of sp³-hybridized carbons (Fsp3) is 0.138. The summed E-state index contributed by atoms with van der Waals surface area (Å²) in [4.78, 5) is 12.8. The normalized spacial score (nSPS) is 11.8. The second-order valence-electron chi connectivity index (χ2n) is 8.07. The van der Waals surface area contributed by atoms with Crippen LogP contribution in [-0.2, 0) is 27.3 Å². The second kappa shape index (κ2) is 13.3. The summed E-state index contributed by atoms with van der Waals surface area (Å²) in [6.45, 7) is 0.148. The van der Waals surface area contributed by atoms with Gasteiger partial charge in [-0.2, -0.15) is 0 Å². The third-order valence-electron chi connectivity index (χ3n) is 5.22. The van der Waals surface area contributed by atoms with Crippen LogP contribution in [0.5, 0.6) is 11.5 Å². The molecule has 0 aliphatic rings. The van der Waals surface area contributed by atoms with Crippen LogP contribution in [0.1, 0.15) is 11.1 Å². The van der Waals surface area contributed by atoms with E-state index in [1.165, 1.54) is 0 Å². The third kappa shape index (κ3) is 8.24. The average Bonchev–Trinajstić information content (AvgIpc) is 2.93. The lowest BCUT2D eigenvalue weighted by atomic mass is 10.2. The van der Waals surface area contributed by atoms with Gasteiger partial charge < -0.3 is 23.8 Å². The summed E-state index contributed by atoms with van der Waals surface area (Å²) in [6.07, 6.45) is -0.772. The molecule has 0 radical (unpaired) electrons. The molecule has 0 saturated carbocycles. The highest BCUT2D eigenvalue weighted by Gasteiger charge is 2.41. The number of amides is 1. The summed E-state index contributed by atoms with van der Waals surface area (Å²) < 4.78 is 37.4. The van der Waals surface area contributed by atoms with Crippen molar-refractivity contribution in [2.24, 2.45) is 0 Å². The summed E-state index contributed by atoms with van der Waals surface area (Å²) in [5.74, 6) is -0.511. The number of para-hydroxylation sites is 2. The van der Waals surface area contributed by atoms with Crippen molar-refractivity contribution in [3.05, 3.63) is 132 Å². The molecule has 4 rings (SSSR count). The molecule has 0 aromatic heterocycles. The smallest absolute Gasteiger partial charge is 0.445 e. The van der Waals surface area contributed by atoms with E-state index in [4.69, 9.17) is 18.5 Å². The molecule has 0 bridgehead atoms. The minimum atomic E-state index is -4.08. The van der Waals surface area contributed by atoms with Crippen LogP contribution in [-0.4, -0.2) is 18.5 Å². The molecular formula is C29H28NO6P. The van der Waals surface area contributed by atoms with Gasteiger partial charge in [-0.15, -0.1) is 0 Å². The number of hydrogen-bond acceptors (Lipinski definition) is 6. The molecular weight excluding hydrogens is 489 g/mol. The molecule has 1 N–H and O–H groups in total. The van der Waals surface area contributed by atoms with Crippen molar-refractivity contribution in [3.8, 4) is 11.5 Å². The largest absolute Gasteiger partial charge is 0.455 e. The molecule has 0 spiro atoms. The van der Waals surface area contributed by atoms with E-state index in [1.54, 1.807) is 48.5 Å². The molecule has 0 heterocycles. The zero-order valence-corrected chi connectivity index (χ0v) is 21.0. The molecule has 4 aromatic carbocycles. The number of rotatable bonds is 12. The van der Waals surface area contributed by atoms with Gasteiger partial charge in [-0.1, -0.05) is 97.1 Å². The molecule has 0 fully saturated rings. The summed E-state index contributed by atoms with van der Waals surface area (Å²) in [7, 11) is -4.08. The Kier molecular flexibility index (Phi) is 9.35. The second-order valence-corrected chi connectivity index (χ2v) is 10.1. The first-order valence-corrected chi connectivity index (χ1v) is 13.4. The topological polar surface area (TPSA) is 83.1 Å². The fourth-order valence-electron chi connectivity index (χ4n) is 3.38. The average molecular weight is 518 g/mol. The fourth-order valence-corrected chi connectivity index (χ4v) is 5.05. The van der Waals surface area contributed by atoms with E-state index in [-0.39, 0.29) is 19.8 Å². The number of alkyl carbamates (subject to hydrolysis) is 1. The van der Waals surface area contributed by atoms with Gasteiger partial charge in [0, 0.05) is 0 Å². The summed E-state index contributed by atoms with van der Waals surface area (Å²) in [6, 6.07) is 36.1. The molecule has 0 aliphatic carbocycles. The molecule has 8 heteroatoms. The molecule has 1 amide bonds. The van der Waals surface area contributed by atoms with Gasteiger partial charge in [0.05, 0.1) is 13.2 Å². The van der Waals surface area contributed by atoms with Gasteiger partial charge >= 0.3 is 13.7 Å². The Morgan fingerprint density at radius 2 is 1.08 bits per heavy atom. The molecule has 0 aliphatic heterocycles. The Hall–Kier alpha value is -4.06. The Labute approximate surface area is 216 Å². The first-order chi connectivity index (χ1) is 18.1. The van der Waals surface area contributed by atoms with Crippen LogP contribution in [0.25, 0.3) is 0 Å². The van der Waals surface area contributed by atoms with Gasteiger partial charge in [-0.3, -0.25) is 0 Å². The van der Waals surface area contributed by atoms with Gasteiger partial charge in [0.1, 0.15) is 18.1 Å². The molecule has 0 saturated heterocycles. The zero-order chi connectivity index (χ0) is 25.8. The van der Waals surface area contributed by atoms with Gasteiger partial charge in [0.2, 0.25) is 0 Å². The van der Waals surface area contributed by atoms with E-state index < -0.39 is 19.5 Å². The predicted molar refractivity (Wildman–Crippen MR) is 141 cm³/mol. The zero-order valence-electron chi connectivity index (χ0n) is 20.1. The van der Waals surface area contributed by atoms with E-state index in [0.717, 1.165) is 11.1 Å². The van der Waals surface area contributed by atoms with Gasteiger partial charge in [-0.05, 0) is 35.4 Å². The maximum atomic E-state index is 14.3. The Balaban J connectivity index is 1.55. The number of hydrogen-bond donors (Lipinski definition) is 1. The van der Waals surface area contributed by atoms with E-state index in [1.807, 2.05) is 72.8 Å². The third-order valence-corrected chi connectivity index (χ3v) is 7.19. The van der Waals surface area contributed by atoms with Crippen LogP contribution in [0.2, 0.25) is 0 Å².